The van der Waals surface area contributed by atoms with Gasteiger partial charge in [-0.05, 0) is 39.4 Å². The standard InChI is InChI=1S/C14H26N2O/c1-5-7-15-9-13-8-14(17-11-13)10-16(6-2)12(3)4/h8,11-12,15H,5-7,9-10H2,1-4H3. The second kappa shape index (κ2) is 7.51. The summed E-state index contributed by atoms with van der Waals surface area (Å²) in [7, 11) is 0. The van der Waals surface area contributed by atoms with Gasteiger partial charge in [0.2, 0.25) is 0 Å². The minimum atomic E-state index is 0.562. The number of rotatable bonds is 8. The molecule has 0 aliphatic carbocycles. The molecule has 1 aromatic heterocycles. The fourth-order valence-corrected chi connectivity index (χ4v) is 1.87. The number of nitrogens with one attached hydrogen (secondary N) is 1. The molecular formula is C14H26N2O. The Morgan fingerprint density at radius 3 is 2.71 bits per heavy atom. The molecule has 1 aromatic rings. The van der Waals surface area contributed by atoms with Gasteiger partial charge >= 0.3 is 0 Å². The van der Waals surface area contributed by atoms with E-state index in [9.17, 15) is 0 Å². The van der Waals surface area contributed by atoms with Gasteiger partial charge in [-0.1, -0.05) is 13.8 Å². The highest BCUT2D eigenvalue weighted by molar-refractivity contribution is 5.12. The first kappa shape index (κ1) is 14.3. The topological polar surface area (TPSA) is 28.4 Å². The van der Waals surface area contributed by atoms with Gasteiger partial charge in [0.15, 0.2) is 0 Å². The van der Waals surface area contributed by atoms with Gasteiger partial charge in [-0.3, -0.25) is 4.90 Å². The van der Waals surface area contributed by atoms with Gasteiger partial charge in [-0.2, -0.15) is 0 Å². The Kier molecular flexibility index (Phi) is 6.30. The Morgan fingerprint density at radius 2 is 2.12 bits per heavy atom. The zero-order chi connectivity index (χ0) is 12.7. The Balaban J connectivity index is 2.44. The molecule has 3 heteroatoms. The largest absolute Gasteiger partial charge is 0.468 e. The quantitative estimate of drug-likeness (QED) is 0.706. The van der Waals surface area contributed by atoms with Crippen molar-refractivity contribution in [2.24, 2.45) is 0 Å². The number of hydrogen-bond acceptors (Lipinski definition) is 3. The van der Waals surface area contributed by atoms with Crippen LogP contribution in [0.15, 0.2) is 16.7 Å². The average molecular weight is 238 g/mol. The maximum Gasteiger partial charge on any atom is 0.118 e. The minimum absolute atomic E-state index is 0.562. The first-order chi connectivity index (χ1) is 8.17. The SMILES string of the molecule is CCCNCc1coc(CN(CC)C(C)C)c1. The third kappa shape index (κ3) is 4.92. The third-order valence-electron chi connectivity index (χ3n) is 2.96. The molecule has 1 heterocycles. The van der Waals surface area contributed by atoms with E-state index in [1.165, 1.54) is 12.0 Å². The summed E-state index contributed by atoms with van der Waals surface area (Å²) in [6.45, 7) is 12.7. The van der Waals surface area contributed by atoms with E-state index < -0.39 is 0 Å². The van der Waals surface area contributed by atoms with E-state index in [1.807, 2.05) is 6.26 Å². The van der Waals surface area contributed by atoms with Crippen molar-refractivity contribution in [2.45, 2.75) is 53.2 Å². The maximum atomic E-state index is 5.60. The molecular weight excluding hydrogens is 212 g/mol. The van der Waals surface area contributed by atoms with Crippen LogP contribution in [0.1, 0.15) is 45.4 Å². The van der Waals surface area contributed by atoms with Crippen LogP contribution in [0.5, 0.6) is 0 Å². The lowest BCUT2D eigenvalue weighted by atomic mass is 10.2. The van der Waals surface area contributed by atoms with Crippen LogP contribution in [0.4, 0.5) is 0 Å². The van der Waals surface area contributed by atoms with Gasteiger partial charge in [-0.15, -0.1) is 0 Å². The van der Waals surface area contributed by atoms with Crippen LogP contribution in [0.3, 0.4) is 0 Å². The molecule has 0 spiro atoms. The average Bonchev–Trinajstić information content (AvgIpc) is 2.74. The van der Waals surface area contributed by atoms with Crippen molar-refractivity contribution in [3.05, 3.63) is 23.7 Å². The van der Waals surface area contributed by atoms with Gasteiger partial charge < -0.3 is 9.73 Å². The number of hydrogen-bond donors (Lipinski definition) is 1. The van der Waals surface area contributed by atoms with Crippen molar-refractivity contribution in [3.63, 3.8) is 0 Å². The first-order valence-corrected chi connectivity index (χ1v) is 6.68. The second-order valence-electron chi connectivity index (χ2n) is 4.75. The summed E-state index contributed by atoms with van der Waals surface area (Å²) in [6.07, 6.45) is 3.04. The van der Waals surface area contributed by atoms with Crippen molar-refractivity contribution in [3.8, 4) is 0 Å². The predicted molar refractivity (Wildman–Crippen MR) is 71.9 cm³/mol. The summed E-state index contributed by atoms with van der Waals surface area (Å²) in [4.78, 5) is 2.39. The molecule has 0 aliphatic heterocycles. The van der Waals surface area contributed by atoms with Crippen LogP contribution in [0, 0.1) is 0 Å². The normalized spacial score (nSPS) is 11.6. The van der Waals surface area contributed by atoms with E-state index in [-0.39, 0.29) is 0 Å². The minimum Gasteiger partial charge on any atom is -0.468 e. The molecule has 17 heavy (non-hydrogen) atoms. The third-order valence-corrected chi connectivity index (χ3v) is 2.96. The highest BCUT2D eigenvalue weighted by Crippen LogP contribution is 2.12. The summed E-state index contributed by atoms with van der Waals surface area (Å²) in [5.41, 5.74) is 1.24. The van der Waals surface area contributed by atoms with E-state index in [1.54, 1.807) is 0 Å². The van der Waals surface area contributed by atoms with E-state index in [0.717, 1.165) is 31.9 Å². The van der Waals surface area contributed by atoms with E-state index >= 15 is 0 Å². The van der Waals surface area contributed by atoms with Crippen LogP contribution < -0.4 is 5.32 Å². The summed E-state index contributed by atoms with van der Waals surface area (Å²) in [5, 5.41) is 3.38. The zero-order valence-corrected chi connectivity index (χ0v) is 11.6. The number of nitrogens with zero attached hydrogens (tertiary/aromatic N) is 1. The molecule has 0 unspecified atom stereocenters. The van der Waals surface area contributed by atoms with E-state index in [4.69, 9.17) is 4.42 Å². The molecule has 3 nitrogen and oxygen atoms in total. The first-order valence-electron chi connectivity index (χ1n) is 6.68. The van der Waals surface area contributed by atoms with Crippen LogP contribution in [0.25, 0.3) is 0 Å². The van der Waals surface area contributed by atoms with Gasteiger partial charge in [0.05, 0.1) is 12.8 Å². The van der Waals surface area contributed by atoms with Gasteiger partial charge in [0.25, 0.3) is 0 Å². The summed E-state index contributed by atoms with van der Waals surface area (Å²) in [5.74, 6) is 1.06. The molecule has 0 fully saturated rings. The highest BCUT2D eigenvalue weighted by atomic mass is 16.3. The molecule has 0 saturated carbocycles. The Labute approximate surface area is 105 Å². The Bertz CT molecular complexity index is 307. The summed E-state index contributed by atoms with van der Waals surface area (Å²) < 4.78 is 5.60. The lowest BCUT2D eigenvalue weighted by molar-refractivity contribution is 0.207. The van der Waals surface area contributed by atoms with Crippen LogP contribution in [0.2, 0.25) is 0 Å². The fourth-order valence-electron chi connectivity index (χ4n) is 1.87. The van der Waals surface area contributed by atoms with Crippen LogP contribution in [-0.4, -0.2) is 24.0 Å². The Hall–Kier alpha value is -0.800. The zero-order valence-electron chi connectivity index (χ0n) is 11.6. The molecule has 1 N–H and O–H groups in total. The molecule has 98 valence electrons. The molecule has 0 atom stereocenters. The van der Waals surface area contributed by atoms with Crippen molar-refractivity contribution in [1.82, 2.24) is 10.2 Å². The van der Waals surface area contributed by atoms with Gasteiger partial charge in [0.1, 0.15) is 5.76 Å². The Morgan fingerprint density at radius 1 is 1.35 bits per heavy atom. The van der Waals surface area contributed by atoms with Crippen molar-refractivity contribution in [1.29, 1.82) is 0 Å². The smallest absolute Gasteiger partial charge is 0.118 e. The van der Waals surface area contributed by atoms with Gasteiger partial charge in [-0.25, -0.2) is 0 Å². The number of furan rings is 1. The van der Waals surface area contributed by atoms with E-state index in [2.05, 4.69) is 44.0 Å². The monoisotopic (exact) mass is 238 g/mol. The molecule has 1 rings (SSSR count). The van der Waals surface area contributed by atoms with Crippen LogP contribution in [-0.2, 0) is 13.1 Å². The van der Waals surface area contributed by atoms with Crippen molar-refractivity contribution >= 4 is 0 Å². The van der Waals surface area contributed by atoms with Crippen molar-refractivity contribution < 1.29 is 4.42 Å². The van der Waals surface area contributed by atoms with Gasteiger partial charge in [0, 0.05) is 18.2 Å². The molecule has 0 saturated heterocycles. The fraction of sp³-hybridized carbons (Fsp3) is 0.714. The lowest BCUT2D eigenvalue weighted by Gasteiger charge is -2.23. The summed E-state index contributed by atoms with van der Waals surface area (Å²) in [6, 6.07) is 2.72. The molecule has 0 radical (unpaired) electrons. The molecule has 0 aliphatic rings. The highest BCUT2D eigenvalue weighted by Gasteiger charge is 2.10. The predicted octanol–water partition coefficient (Wildman–Crippen LogP) is 3.01. The summed E-state index contributed by atoms with van der Waals surface area (Å²) >= 11 is 0. The second-order valence-corrected chi connectivity index (χ2v) is 4.75. The molecule has 0 bridgehead atoms. The van der Waals surface area contributed by atoms with Crippen LogP contribution >= 0.6 is 0 Å². The molecule has 0 amide bonds. The molecule has 0 aromatic carbocycles. The van der Waals surface area contributed by atoms with Crippen molar-refractivity contribution in [2.75, 3.05) is 13.1 Å². The lowest BCUT2D eigenvalue weighted by Crippen LogP contribution is -2.29. The van der Waals surface area contributed by atoms with E-state index in [0.29, 0.717) is 6.04 Å². The maximum absolute atomic E-state index is 5.60.